The van der Waals surface area contributed by atoms with Crippen LogP contribution in [0, 0.1) is 20.8 Å². The summed E-state index contributed by atoms with van der Waals surface area (Å²) in [5, 5.41) is 0. The Kier molecular flexibility index (Phi) is 3.84. The molecular weight excluding hydrogens is 392 g/mol. The van der Waals surface area contributed by atoms with Crippen LogP contribution in [-0.2, 0) is 0 Å². The molecule has 2 nitrogen and oxygen atoms in total. The third kappa shape index (κ3) is 2.40. The van der Waals surface area contributed by atoms with Crippen LogP contribution in [0.4, 0.5) is 0 Å². The summed E-state index contributed by atoms with van der Waals surface area (Å²) in [6, 6.07) is 8.42. The lowest BCUT2D eigenvalue weighted by atomic mass is 9.95. The Bertz CT molecular complexity index is 799. The SMILES string of the molecule is Cc1ccc(-c2c(Br)[nH]c(-c3ccc[nH]3)c2Br)c(C)c1C. The van der Waals surface area contributed by atoms with Gasteiger partial charge in [0.05, 0.1) is 20.5 Å². The van der Waals surface area contributed by atoms with Gasteiger partial charge < -0.3 is 9.97 Å². The topological polar surface area (TPSA) is 31.6 Å². The molecular formula is C17H16Br2N2. The Labute approximate surface area is 141 Å². The zero-order valence-electron chi connectivity index (χ0n) is 12.1. The first kappa shape index (κ1) is 14.7. The number of benzene rings is 1. The van der Waals surface area contributed by atoms with Crippen molar-refractivity contribution in [3.63, 3.8) is 0 Å². The van der Waals surface area contributed by atoms with Gasteiger partial charge in [-0.05, 0) is 87.0 Å². The first-order chi connectivity index (χ1) is 10.0. The lowest BCUT2D eigenvalue weighted by Gasteiger charge is -2.11. The molecule has 0 saturated carbocycles. The lowest BCUT2D eigenvalue weighted by Crippen LogP contribution is -1.91. The second-order valence-corrected chi connectivity index (χ2v) is 6.85. The van der Waals surface area contributed by atoms with E-state index in [0.29, 0.717) is 0 Å². The van der Waals surface area contributed by atoms with Gasteiger partial charge in [0.15, 0.2) is 0 Å². The van der Waals surface area contributed by atoms with Gasteiger partial charge >= 0.3 is 0 Å². The van der Waals surface area contributed by atoms with Crippen LogP contribution in [0.25, 0.3) is 22.5 Å². The number of rotatable bonds is 2. The Morgan fingerprint density at radius 3 is 2.38 bits per heavy atom. The van der Waals surface area contributed by atoms with Crippen molar-refractivity contribution in [2.24, 2.45) is 0 Å². The maximum Gasteiger partial charge on any atom is 0.0916 e. The average Bonchev–Trinajstić information content (AvgIpc) is 3.06. The molecule has 0 spiro atoms. The molecule has 0 saturated heterocycles. The number of hydrogen-bond acceptors (Lipinski definition) is 0. The highest BCUT2D eigenvalue weighted by atomic mass is 79.9. The van der Waals surface area contributed by atoms with Crippen LogP contribution in [0.1, 0.15) is 16.7 Å². The molecule has 21 heavy (non-hydrogen) atoms. The number of aromatic nitrogens is 2. The number of halogens is 2. The third-order valence-electron chi connectivity index (χ3n) is 4.09. The minimum Gasteiger partial charge on any atom is -0.360 e. The largest absolute Gasteiger partial charge is 0.360 e. The van der Waals surface area contributed by atoms with E-state index < -0.39 is 0 Å². The summed E-state index contributed by atoms with van der Waals surface area (Å²) in [7, 11) is 0. The number of aryl methyl sites for hydroxylation is 1. The normalized spacial score (nSPS) is 11.1. The Morgan fingerprint density at radius 1 is 0.952 bits per heavy atom. The number of aromatic amines is 2. The minimum atomic E-state index is 0.991. The fourth-order valence-electron chi connectivity index (χ4n) is 2.58. The van der Waals surface area contributed by atoms with Crippen LogP contribution in [0.3, 0.4) is 0 Å². The van der Waals surface area contributed by atoms with Gasteiger partial charge in [0.1, 0.15) is 0 Å². The van der Waals surface area contributed by atoms with Crippen molar-refractivity contribution in [3.8, 4) is 22.5 Å². The zero-order valence-corrected chi connectivity index (χ0v) is 15.3. The van der Waals surface area contributed by atoms with Gasteiger partial charge in [-0.3, -0.25) is 0 Å². The summed E-state index contributed by atoms with van der Waals surface area (Å²) in [5.74, 6) is 0. The van der Waals surface area contributed by atoms with Crippen molar-refractivity contribution in [3.05, 3.63) is 56.2 Å². The summed E-state index contributed by atoms with van der Waals surface area (Å²) in [5.41, 5.74) is 8.51. The molecule has 0 aliphatic rings. The molecule has 2 N–H and O–H groups in total. The van der Waals surface area contributed by atoms with Crippen LogP contribution >= 0.6 is 31.9 Å². The van der Waals surface area contributed by atoms with E-state index in [2.05, 4.69) is 80.8 Å². The maximum absolute atomic E-state index is 3.76. The smallest absolute Gasteiger partial charge is 0.0916 e. The van der Waals surface area contributed by atoms with E-state index in [9.17, 15) is 0 Å². The Balaban J connectivity index is 2.23. The molecule has 0 bridgehead atoms. The van der Waals surface area contributed by atoms with Crippen LogP contribution in [0.15, 0.2) is 39.5 Å². The summed E-state index contributed by atoms with van der Waals surface area (Å²) in [6.45, 7) is 6.50. The standard InChI is InChI=1S/C17H16Br2N2/c1-9-6-7-12(11(3)10(9)2)14-15(18)16(21-17(14)19)13-5-4-8-20-13/h4-8,20-21H,1-3H3. The maximum atomic E-state index is 3.76. The van der Waals surface area contributed by atoms with E-state index in [0.717, 1.165) is 20.5 Å². The molecule has 0 aliphatic carbocycles. The zero-order chi connectivity index (χ0) is 15.1. The van der Waals surface area contributed by atoms with Gasteiger partial charge in [-0.2, -0.15) is 0 Å². The minimum absolute atomic E-state index is 0.991. The van der Waals surface area contributed by atoms with Crippen molar-refractivity contribution in [1.29, 1.82) is 0 Å². The van der Waals surface area contributed by atoms with Crippen LogP contribution in [-0.4, -0.2) is 9.97 Å². The van der Waals surface area contributed by atoms with E-state index in [-0.39, 0.29) is 0 Å². The predicted molar refractivity (Wildman–Crippen MR) is 95.6 cm³/mol. The van der Waals surface area contributed by atoms with Gasteiger partial charge in [-0.25, -0.2) is 0 Å². The van der Waals surface area contributed by atoms with Crippen LogP contribution < -0.4 is 0 Å². The van der Waals surface area contributed by atoms with Crippen molar-refractivity contribution < 1.29 is 0 Å². The first-order valence-electron chi connectivity index (χ1n) is 6.78. The van der Waals surface area contributed by atoms with E-state index in [1.54, 1.807) is 0 Å². The van der Waals surface area contributed by atoms with Crippen molar-refractivity contribution in [1.82, 2.24) is 9.97 Å². The highest BCUT2D eigenvalue weighted by Gasteiger charge is 2.19. The van der Waals surface area contributed by atoms with E-state index in [1.807, 2.05) is 12.3 Å². The predicted octanol–water partition coefficient (Wildman–Crippen LogP) is 6.13. The highest BCUT2D eigenvalue weighted by Crippen LogP contribution is 2.43. The molecule has 2 aromatic heterocycles. The fraction of sp³-hybridized carbons (Fsp3) is 0.176. The quantitative estimate of drug-likeness (QED) is 0.512. The lowest BCUT2D eigenvalue weighted by molar-refractivity contribution is 1.26. The molecule has 0 aliphatic heterocycles. The van der Waals surface area contributed by atoms with Gasteiger partial charge in [-0.1, -0.05) is 12.1 Å². The molecule has 0 radical (unpaired) electrons. The second-order valence-electron chi connectivity index (χ2n) is 5.27. The van der Waals surface area contributed by atoms with Crippen LogP contribution in [0.5, 0.6) is 0 Å². The molecule has 3 aromatic rings. The van der Waals surface area contributed by atoms with Gasteiger partial charge in [-0.15, -0.1) is 0 Å². The van der Waals surface area contributed by atoms with Crippen LogP contribution in [0.2, 0.25) is 0 Å². The molecule has 2 heterocycles. The highest BCUT2D eigenvalue weighted by molar-refractivity contribution is 9.11. The number of nitrogens with one attached hydrogen (secondary N) is 2. The van der Waals surface area contributed by atoms with Gasteiger partial charge in [0.2, 0.25) is 0 Å². The molecule has 0 amide bonds. The Hall–Kier alpha value is -1.26. The summed E-state index contributed by atoms with van der Waals surface area (Å²) < 4.78 is 2.06. The van der Waals surface area contributed by atoms with Gasteiger partial charge in [0, 0.05) is 11.8 Å². The Morgan fingerprint density at radius 2 is 1.71 bits per heavy atom. The molecule has 4 heteroatoms. The molecule has 108 valence electrons. The number of H-pyrrole nitrogens is 2. The van der Waals surface area contributed by atoms with Crippen molar-refractivity contribution in [2.45, 2.75) is 20.8 Å². The molecule has 1 aromatic carbocycles. The molecule has 0 atom stereocenters. The van der Waals surface area contributed by atoms with Gasteiger partial charge in [0.25, 0.3) is 0 Å². The van der Waals surface area contributed by atoms with Crippen molar-refractivity contribution in [2.75, 3.05) is 0 Å². The summed E-state index contributed by atoms with van der Waals surface area (Å²) in [4.78, 5) is 6.65. The summed E-state index contributed by atoms with van der Waals surface area (Å²) in [6.07, 6.45) is 1.93. The van der Waals surface area contributed by atoms with E-state index in [4.69, 9.17) is 0 Å². The fourth-order valence-corrected chi connectivity index (χ4v) is 4.18. The first-order valence-corrected chi connectivity index (χ1v) is 8.37. The third-order valence-corrected chi connectivity index (χ3v) is 5.48. The van der Waals surface area contributed by atoms with Crippen molar-refractivity contribution >= 4 is 31.9 Å². The molecule has 0 unspecified atom stereocenters. The van der Waals surface area contributed by atoms with E-state index in [1.165, 1.54) is 27.8 Å². The second kappa shape index (κ2) is 5.50. The summed E-state index contributed by atoms with van der Waals surface area (Å²) >= 11 is 7.42. The molecule has 0 fully saturated rings. The average molecular weight is 408 g/mol. The molecule has 3 rings (SSSR count). The number of hydrogen-bond donors (Lipinski definition) is 2. The van der Waals surface area contributed by atoms with E-state index >= 15 is 0 Å². The monoisotopic (exact) mass is 406 g/mol.